The van der Waals surface area contributed by atoms with Gasteiger partial charge in [0.05, 0.1) is 7.11 Å². The lowest BCUT2D eigenvalue weighted by atomic mass is 10.5. The Balaban J connectivity index is 4.20. The first-order valence-corrected chi connectivity index (χ1v) is 4.02. The summed E-state index contributed by atoms with van der Waals surface area (Å²) >= 11 is 1.84. The lowest BCUT2D eigenvalue weighted by Crippen LogP contribution is -2.25. The summed E-state index contributed by atoms with van der Waals surface area (Å²) in [5.74, 6) is -0.840. The minimum Gasteiger partial charge on any atom is -0.464 e. The SMILES string of the molecule is COC(=O)/C(=C/I)NC(C)=O. The number of hydrogen-bond acceptors (Lipinski definition) is 3. The van der Waals surface area contributed by atoms with E-state index >= 15 is 0 Å². The van der Waals surface area contributed by atoms with Crippen LogP contribution in [0.3, 0.4) is 0 Å². The molecular weight excluding hydrogens is 261 g/mol. The smallest absolute Gasteiger partial charge is 0.355 e. The number of carbonyl (C=O) groups excluding carboxylic acids is 2. The molecule has 0 aliphatic rings. The second-order valence-corrected chi connectivity index (χ2v) is 2.32. The second kappa shape index (κ2) is 5.11. The van der Waals surface area contributed by atoms with E-state index in [4.69, 9.17) is 0 Å². The van der Waals surface area contributed by atoms with Crippen LogP contribution in [0.4, 0.5) is 0 Å². The van der Waals surface area contributed by atoms with Crippen LogP contribution in [-0.2, 0) is 14.3 Å². The fraction of sp³-hybridized carbons (Fsp3) is 0.333. The number of esters is 1. The van der Waals surface area contributed by atoms with E-state index in [-0.39, 0.29) is 11.6 Å². The second-order valence-electron chi connectivity index (χ2n) is 1.70. The normalized spacial score (nSPS) is 10.6. The van der Waals surface area contributed by atoms with Gasteiger partial charge in [0.25, 0.3) is 0 Å². The van der Waals surface area contributed by atoms with E-state index in [1.807, 2.05) is 22.6 Å². The molecule has 0 atom stereocenters. The summed E-state index contributed by atoms with van der Waals surface area (Å²) in [4.78, 5) is 21.2. The van der Waals surface area contributed by atoms with Crippen LogP contribution in [0.15, 0.2) is 9.78 Å². The minimum absolute atomic E-state index is 0.153. The van der Waals surface area contributed by atoms with Crippen LogP contribution in [0.1, 0.15) is 6.92 Å². The Morgan fingerprint density at radius 2 is 2.09 bits per heavy atom. The molecule has 0 aromatic rings. The Hall–Kier alpha value is -0.590. The quantitative estimate of drug-likeness (QED) is 0.453. The van der Waals surface area contributed by atoms with Crippen molar-refractivity contribution in [3.05, 3.63) is 9.78 Å². The maximum Gasteiger partial charge on any atom is 0.355 e. The van der Waals surface area contributed by atoms with Crippen LogP contribution in [-0.4, -0.2) is 19.0 Å². The zero-order chi connectivity index (χ0) is 8.85. The third kappa shape index (κ3) is 3.97. The largest absolute Gasteiger partial charge is 0.464 e. The molecule has 0 aliphatic heterocycles. The third-order valence-corrected chi connectivity index (χ3v) is 1.45. The van der Waals surface area contributed by atoms with E-state index in [9.17, 15) is 9.59 Å². The highest BCUT2D eigenvalue weighted by Crippen LogP contribution is 1.97. The lowest BCUT2D eigenvalue weighted by molar-refractivity contribution is -0.137. The number of hydrogen-bond donors (Lipinski definition) is 1. The van der Waals surface area contributed by atoms with Crippen molar-refractivity contribution in [3.63, 3.8) is 0 Å². The Labute approximate surface area is 78.1 Å². The fourth-order valence-electron chi connectivity index (χ4n) is 0.422. The van der Waals surface area contributed by atoms with Crippen molar-refractivity contribution in [1.29, 1.82) is 0 Å². The molecule has 11 heavy (non-hydrogen) atoms. The van der Waals surface area contributed by atoms with Gasteiger partial charge in [-0.2, -0.15) is 0 Å². The van der Waals surface area contributed by atoms with Gasteiger partial charge >= 0.3 is 5.97 Å². The predicted octanol–water partition coefficient (Wildman–Crippen LogP) is 0.572. The number of ether oxygens (including phenoxy) is 1. The summed E-state index contributed by atoms with van der Waals surface area (Å²) in [6.07, 6.45) is 0. The van der Waals surface area contributed by atoms with Gasteiger partial charge in [-0.3, -0.25) is 4.79 Å². The van der Waals surface area contributed by atoms with Crippen molar-refractivity contribution in [1.82, 2.24) is 5.32 Å². The summed E-state index contributed by atoms with van der Waals surface area (Å²) in [7, 11) is 1.25. The van der Waals surface area contributed by atoms with Crippen molar-refractivity contribution in [2.75, 3.05) is 7.11 Å². The highest BCUT2D eigenvalue weighted by atomic mass is 127. The molecule has 1 N–H and O–H groups in total. The highest BCUT2D eigenvalue weighted by Gasteiger charge is 2.08. The van der Waals surface area contributed by atoms with Gasteiger partial charge in [0.15, 0.2) is 0 Å². The number of rotatable bonds is 2. The number of methoxy groups -OCH3 is 1. The molecule has 0 fully saturated rings. The van der Waals surface area contributed by atoms with Gasteiger partial charge in [-0.05, 0) is 0 Å². The monoisotopic (exact) mass is 269 g/mol. The van der Waals surface area contributed by atoms with Crippen LogP contribution < -0.4 is 5.32 Å². The molecule has 0 heterocycles. The molecule has 0 aromatic heterocycles. The first-order chi connectivity index (χ1) is 5.11. The summed E-state index contributed by atoms with van der Waals surface area (Å²) in [5, 5.41) is 2.32. The summed E-state index contributed by atoms with van der Waals surface area (Å²) in [5.41, 5.74) is 0.153. The topological polar surface area (TPSA) is 55.4 Å². The Morgan fingerprint density at radius 3 is 2.36 bits per heavy atom. The predicted molar refractivity (Wildman–Crippen MR) is 47.9 cm³/mol. The molecule has 0 saturated carbocycles. The molecule has 0 bridgehead atoms. The van der Waals surface area contributed by atoms with Crippen LogP contribution in [0, 0.1) is 0 Å². The van der Waals surface area contributed by atoms with Crippen LogP contribution in [0.5, 0.6) is 0 Å². The van der Waals surface area contributed by atoms with Gasteiger partial charge in [0.1, 0.15) is 5.70 Å². The van der Waals surface area contributed by atoms with Gasteiger partial charge < -0.3 is 10.1 Å². The number of amides is 1. The first kappa shape index (κ1) is 10.4. The molecule has 0 saturated heterocycles. The maximum absolute atomic E-state index is 10.8. The van der Waals surface area contributed by atoms with E-state index in [0.29, 0.717) is 0 Å². The van der Waals surface area contributed by atoms with Crippen molar-refractivity contribution < 1.29 is 14.3 Å². The lowest BCUT2D eigenvalue weighted by Gasteiger charge is -2.02. The molecule has 0 spiro atoms. The molecule has 0 aromatic carbocycles. The molecule has 4 nitrogen and oxygen atoms in total. The van der Waals surface area contributed by atoms with Gasteiger partial charge in [-0.15, -0.1) is 0 Å². The number of nitrogens with one attached hydrogen (secondary N) is 1. The summed E-state index contributed by atoms with van der Waals surface area (Å²) < 4.78 is 5.83. The molecular formula is C6H8INO3. The van der Waals surface area contributed by atoms with Gasteiger partial charge in [0.2, 0.25) is 5.91 Å². The molecule has 0 aliphatic carbocycles. The standard InChI is InChI=1S/C6H8INO3/c1-4(9)8-5(3-7)6(10)11-2/h3H,1-2H3,(H,8,9)/b5-3-. The Morgan fingerprint density at radius 1 is 1.55 bits per heavy atom. The Kier molecular flexibility index (Phi) is 4.84. The van der Waals surface area contributed by atoms with Crippen molar-refractivity contribution in [3.8, 4) is 0 Å². The average molecular weight is 269 g/mol. The van der Waals surface area contributed by atoms with Crippen molar-refractivity contribution >= 4 is 34.5 Å². The summed E-state index contributed by atoms with van der Waals surface area (Å²) in [6.45, 7) is 1.32. The molecule has 62 valence electrons. The summed E-state index contributed by atoms with van der Waals surface area (Å²) in [6, 6.07) is 0. The van der Waals surface area contributed by atoms with Crippen LogP contribution in [0.25, 0.3) is 0 Å². The molecule has 0 radical (unpaired) electrons. The van der Waals surface area contributed by atoms with E-state index in [1.165, 1.54) is 18.1 Å². The number of halogens is 1. The van der Waals surface area contributed by atoms with Gasteiger partial charge in [-0.25, -0.2) is 4.79 Å². The first-order valence-electron chi connectivity index (χ1n) is 2.78. The zero-order valence-corrected chi connectivity index (χ0v) is 8.34. The molecule has 0 rings (SSSR count). The fourth-order valence-corrected chi connectivity index (χ4v) is 0.832. The van der Waals surface area contributed by atoms with E-state index in [1.54, 1.807) is 0 Å². The average Bonchev–Trinajstić information content (AvgIpc) is 1.98. The maximum atomic E-state index is 10.8. The Bertz CT molecular complexity index is 200. The van der Waals surface area contributed by atoms with E-state index in [2.05, 4.69) is 10.1 Å². The molecule has 5 heteroatoms. The third-order valence-electron chi connectivity index (χ3n) is 0.825. The van der Waals surface area contributed by atoms with Crippen molar-refractivity contribution in [2.24, 2.45) is 0 Å². The van der Waals surface area contributed by atoms with Gasteiger partial charge in [-0.1, -0.05) is 22.6 Å². The van der Waals surface area contributed by atoms with Crippen LogP contribution >= 0.6 is 22.6 Å². The van der Waals surface area contributed by atoms with Crippen molar-refractivity contribution in [2.45, 2.75) is 6.92 Å². The van der Waals surface area contributed by atoms with E-state index in [0.717, 1.165) is 0 Å². The molecule has 1 amide bonds. The molecule has 0 unspecified atom stereocenters. The van der Waals surface area contributed by atoms with E-state index < -0.39 is 5.97 Å². The van der Waals surface area contributed by atoms with Gasteiger partial charge in [0, 0.05) is 11.0 Å². The number of carbonyl (C=O) groups is 2. The van der Waals surface area contributed by atoms with Crippen LogP contribution in [0.2, 0.25) is 0 Å². The zero-order valence-electron chi connectivity index (χ0n) is 6.18. The minimum atomic E-state index is -0.547. The highest BCUT2D eigenvalue weighted by molar-refractivity contribution is 14.1.